The molecular formula is C21H28N2OS2. The molecule has 1 heterocycles. The van der Waals surface area contributed by atoms with Gasteiger partial charge in [0.15, 0.2) is 0 Å². The molecule has 3 nitrogen and oxygen atoms in total. The Kier molecular flexibility index (Phi) is 7.74. The summed E-state index contributed by atoms with van der Waals surface area (Å²) in [7, 11) is 1.98. The van der Waals surface area contributed by atoms with Gasteiger partial charge in [0.1, 0.15) is 11.5 Å². The molecule has 1 fully saturated rings. The molecule has 0 saturated carbocycles. The van der Waals surface area contributed by atoms with Crippen LogP contribution in [0.5, 0.6) is 11.5 Å². The zero-order valence-corrected chi connectivity index (χ0v) is 17.3. The summed E-state index contributed by atoms with van der Waals surface area (Å²) < 4.78 is 6.15. The van der Waals surface area contributed by atoms with Gasteiger partial charge in [-0.2, -0.15) is 11.8 Å². The summed E-state index contributed by atoms with van der Waals surface area (Å²) in [6.45, 7) is 4.41. The third kappa shape index (κ3) is 5.68. The van der Waals surface area contributed by atoms with Crippen molar-refractivity contribution in [2.24, 2.45) is 0 Å². The Morgan fingerprint density at radius 1 is 1.12 bits per heavy atom. The second-order valence-electron chi connectivity index (χ2n) is 6.45. The summed E-state index contributed by atoms with van der Waals surface area (Å²) in [5.41, 5.74) is 2.60. The molecule has 0 aromatic heterocycles. The highest BCUT2D eigenvalue weighted by molar-refractivity contribution is 7.99. The Hall–Kier alpha value is -1.14. The van der Waals surface area contributed by atoms with Crippen LogP contribution in [0.2, 0.25) is 0 Å². The van der Waals surface area contributed by atoms with Gasteiger partial charge in [0.05, 0.1) is 0 Å². The number of benzene rings is 2. The van der Waals surface area contributed by atoms with Gasteiger partial charge in [0, 0.05) is 48.1 Å². The molecule has 0 aliphatic carbocycles. The number of nitrogens with one attached hydrogen (secondary N) is 1. The van der Waals surface area contributed by atoms with E-state index in [1.807, 2.05) is 19.2 Å². The first kappa shape index (κ1) is 19.6. The number of thioether (sulfide) groups is 2. The lowest BCUT2D eigenvalue weighted by atomic mass is 10.1. The molecule has 26 heavy (non-hydrogen) atoms. The molecule has 2 aromatic carbocycles. The van der Waals surface area contributed by atoms with Crippen molar-refractivity contribution in [3.05, 3.63) is 53.6 Å². The maximum atomic E-state index is 6.15. The molecule has 2 aromatic rings. The van der Waals surface area contributed by atoms with Crippen molar-refractivity contribution in [1.29, 1.82) is 0 Å². The van der Waals surface area contributed by atoms with Crippen LogP contribution in [0.4, 0.5) is 0 Å². The van der Waals surface area contributed by atoms with Gasteiger partial charge in [-0.1, -0.05) is 12.1 Å². The minimum atomic E-state index is 0.812. The Morgan fingerprint density at radius 2 is 1.88 bits per heavy atom. The van der Waals surface area contributed by atoms with Gasteiger partial charge in [-0.15, -0.1) is 11.8 Å². The number of hydrogen-bond donors (Lipinski definition) is 1. The van der Waals surface area contributed by atoms with Gasteiger partial charge in [0.2, 0.25) is 0 Å². The highest BCUT2D eigenvalue weighted by Gasteiger charge is 2.11. The molecule has 1 N–H and O–H groups in total. The third-order valence-electron chi connectivity index (χ3n) is 4.60. The van der Waals surface area contributed by atoms with Crippen molar-refractivity contribution < 1.29 is 4.74 Å². The molecule has 0 spiro atoms. The predicted molar refractivity (Wildman–Crippen MR) is 115 cm³/mol. The summed E-state index contributed by atoms with van der Waals surface area (Å²) in [4.78, 5) is 3.82. The van der Waals surface area contributed by atoms with Crippen LogP contribution < -0.4 is 10.1 Å². The van der Waals surface area contributed by atoms with E-state index in [2.05, 4.69) is 58.6 Å². The third-order valence-corrected chi connectivity index (χ3v) is 6.29. The summed E-state index contributed by atoms with van der Waals surface area (Å²) >= 11 is 3.81. The first-order valence-corrected chi connectivity index (χ1v) is 11.5. The number of rotatable bonds is 8. The molecule has 0 atom stereocenters. The van der Waals surface area contributed by atoms with E-state index in [1.165, 1.54) is 40.6 Å². The lowest BCUT2D eigenvalue weighted by Crippen LogP contribution is -2.34. The van der Waals surface area contributed by atoms with Crippen LogP contribution >= 0.6 is 23.5 Å². The summed E-state index contributed by atoms with van der Waals surface area (Å²) in [6.07, 6.45) is 3.19. The summed E-state index contributed by atoms with van der Waals surface area (Å²) in [6, 6.07) is 14.9. The fourth-order valence-corrected chi connectivity index (χ4v) is 4.49. The van der Waals surface area contributed by atoms with Crippen molar-refractivity contribution in [3.63, 3.8) is 0 Å². The second kappa shape index (κ2) is 10.3. The van der Waals surface area contributed by atoms with Crippen LogP contribution in [0.3, 0.4) is 0 Å². The Balaban J connectivity index is 1.66. The summed E-state index contributed by atoms with van der Waals surface area (Å²) in [5, 5.41) is 3.26. The molecule has 0 radical (unpaired) electrons. The normalized spacial score (nSPS) is 15.2. The van der Waals surface area contributed by atoms with Gasteiger partial charge in [-0.3, -0.25) is 0 Å². The Bertz CT molecular complexity index is 685. The van der Waals surface area contributed by atoms with E-state index in [4.69, 9.17) is 4.74 Å². The molecular weight excluding hydrogens is 360 g/mol. The van der Waals surface area contributed by atoms with Gasteiger partial charge < -0.3 is 15.0 Å². The van der Waals surface area contributed by atoms with Crippen molar-refractivity contribution in [1.82, 2.24) is 10.2 Å². The van der Waals surface area contributed by atoms with Crippen molar-refractivity contribution >= 4 is 23.5 Å². The van der Waals surface area contributed by atoms with Crippen LogP contribution in [0.15, 0.2) is 47.4 Å². The van der Waals surface area contributed by atoms with Crippen molar-refractivity contribution in [2.45, 2.75) is 17.9 Å². The maximum Gasteiger partial charge on any atom is 0.131 e. The average Bonchev–Trinajstić information content (AvgIpc) is 2.69. The Labute approximate surface area is 165 Å². The highest BCUT2D eigenvalue weighted by Crippen LogP contribution is 2.28. The molecule has 140 valence electrons. The number of ether oxygens (including phenoxy) is 1. The molecule has 5 heteroatoms. The van der Waals surface area contributed by atoms with E-state index in [-0.39, 0.29) is 0 Å². The van der Waals surface area contributed by atoms with Gasteiger partial charge >= 0.3 is 0 Å². The first-order valence-electron chi connectivity index (χ1n) is 9.17. The first-order chi connectivity index (χ1) is 12.8. The zero-order valence-electron chi connectivity index (χ0n) is 15.7. The monoisotopic (exact) mass is 388 g/mol. The average molecular weight is 389 g/mol. The molecule has 1 saturated heterocycles. The molecule has 1 aliphatic rings. The number of hydrogen-bond acceptors (Lipinski definition) is 5. The van der Waals surface area contributed by atoms with Gasteiger partial charge in [-0.25, -0.2) is 0 Å². The van der Waals surface area contributed by atoms with Crippen molar-refractivity contribution in [2.75, 3.05) is 44.4 Å². The lowest BCUT2D eigenvalue weighted by Gasteiger charge is -2.26. The second-order valence-corrected chi connectivity index (χ2v) is 8.56. The van der Waals surface area contributed by atoms with E-state index in [1.54, 1.807) is 11.8 Å². The predicted octanol–water partition coefficient (Wildman–Crippen LogP) is 4.51. The van der Waals surface area contributed by atoms with E-state index in [9.17, 15) is 0 Å². The molecule has 1 aliphatic heterocycles. The maximum absolute atomic E-state index is 6.15. The zero-order chi connectivity index (χ0) is 18.2. The molecule has 0 bridgehead atoms. The van der Waals surface area contributed by atoms with E-state index >= 15 is 0 Å². The lowest BCUT2D eigenvalue weighted by molar-refractivity contribution is 0.306. The Morgan fingerprint density at radius 3 is 2.58 bits per heavy atom. The molecule has 3 rings (SSSR count). The number of nitrogens with zero attached hydrogens (tertiary/aromatic N) is 1. The fraction of sp³-hybridized carbons (Fsp3) is 0.429. The van der Waals surface area contributed by atoms with E-state index in [0.29, 0.717) is 0 Å². The molecule has 0 unspecified atom stereocenters. The summed E-state index contributed by atoms with van der Waals surface area (Å²) in [5.74, 6) is 4.37. The SMILES string of the molecule is CNCc1cc(CCN2CCSCC2)ccc1Oc1ccc(SC)cc1. The standard InChI is InChI=1S/C21H28N2OS2/c1-22-16-18-15-17(9-10-23-11-13-26-14-12-23)3-8-21(18)24-19-4-6-20(25-2)7-5-19/h3-8,15,22H,9-14,16H2,1-2H3. The van der Waals surface area contributed by atoms with E-state index < -0.39 is 0 Å². The minimum absolute atomic E-state index is 0.812. The highest BCUT2D eigenvalue weighted by atomic mass is 32.2. The van der Waals surface area contributed by atoms with Gasteiger partial charge in [0.25, 0.3) is 0 Å². The van der Waals surface area contributed by atoms with Crippen molar-refractivity contribution in [3.8, 4) is 11.5 Å². The van der Waals surface area contributed by atoms with E-state index in [0.717, 1.165) is 31.0 Å². The van der Waals surface area contributed by atoms with Crippen LogP contribution in [0.1, 0.15) is 11.1 Å². The quantitative estimate of drug-likeness (QED) is 0.671. The minimum Gasteiger partial charge on any atom is -0.457 e. The largest absolute Gasteiger partial charge is 0.457 e. The van der Waals surface area contributed by atoms with Crippen LogP contribution in [0, 0.1) is 0 Å². The molecule has 0 amide bonds. The topological polar surface area (TPSA) is 24.5 Å². The smallest absolute Gasteiger partial charge is 0.131 e. The van der Waals surface area contributed by atoms with Gasteiger partial charge in [-0.05, 0) is 55.6 Å². The fourth-order valence-electron chi connectivity index (χ4n) is 3.10. The van der Waals surface area contributed by atoms with Crippen LogP contribution in [-0.4, -0.2) is 49.3 Å². The van der Waals surface area contributed by atoms with Crippen LogP contribution in [0.25, 0.3) is 0 Å². The van der Waals surface area contributed by atoms with Crippen LogP contribution in [-0.2, 0) is 13.0 Å².